The van der Waals surface area contributed by atoms with E-state index >= 15 is 0 Å². The molecule has 3 N–H and O–H groups in total. The lowest BCUT2D eigenvalue weighted by Crippen LogP contribution is -2.25. The summed E-state index contributed by atoms with van der Waals surface area (Å²) in [6.07, 6.45) is 4.30. The summed E-state index contributed by atoms with van der Waals surface area (Å²) >= 11 is 0. The molecule has 0 atom stereocenters. The predicted octanol–water partition coefficient (Wildman–Crippen LogP) is 7.49. The van der Waals surface area contributed by atoms with Crippen LogP contribution in [0, 0.1) is 5.41 Å². The Balaban J connectivity index is 0.00000165. The van der Waals surface area contributed by atoms with Gasteiger partial charge in [-0.25, -0.2) is 4.79 Å². The fourth-order valence-corrected chi connectivity index (χ4v) is 5.51. The molecule has 0 spiro atoms. The number of nitrogens with zero attached hydrogens (tertiary/aromatic N) is 1. The van der Waals surface area contributed by atoms with Crippen molar-refractivity contribution in [3.05, 3.63) is 119 Å². The van der Waals surface area contributed by atoms with Crippen LogP contribution in [0.3, 0.4) is 0 Å². The average Bonchev–Trinajstić information content (AvgIpc) is 3.38. The fourth-order valence-electron chi connectivity index (χ4n) is 5.51. The molecule has 6 rings (SSSR count). The van der Waals surface area contributed by atoms with Crippen molar-refractivity contribution in [1.29, 1.82) is 5.41 Å². The van der Waals surface area contributed by atoms with E-state index in [1.807, 2.05) is 38.1 Å². The van der Waals surface area contributed by atoms with Crippen LogP contribution in [0.2, 0.25) is 0 Å². The molecule has 1 aliphatic heterocycles. The Morgan fingerprint density at radius 3 is 2.37 bits per heavy atom. The Kier molecular flexibility index (Phi) is 8.11. The number of aryl methyl sites for hydroxylation is 1. The Labute approximate surface area is 240 Å². The number of carboxylic acids is 1. The van der Waals surface area contributed by atoms with Gasteiger partial charge in [0.25, 0.3) is 5.91 Å². The number of amides is 1. The number of hydrogen-bond acceptors (Lipinski definition) is 4. The van der Waals surface area contributed by atoms with Crippen molar-refractivity contribution < 1.29 is 14.7 Å². The molecule has 4 aromatic rings. The van der Waals surface area contributed by atoms with Crippen LogP contribution in [-0.4, -0.2) is 29.2 Å². The van der Waals surface area contributed by atoms with Crippen LogP contribution in [-0.2, 0) is 22.4 Å². The standard InChI is InChI=1S/C33H27N3O3.C2H6/c34-31(33(38)39)29(32(37)35-25-9-2-1-3-10-25)18-21-12-15-30-24(17-21)8-6-16-36(30)26-14-13-23-19-22-7-4-5-11-27(22)28(23)20-26;1-2/h1-5,7,9-15,17-18,20,34H,6,8,16,19H2,(H,35,37)(H,38,39);1-2H3/b29-18-,34-31?;. The highest BCUT2D eigenvalue weighted by Crippen LogP contribution is 2.41. The number of anilines is 3. The van der Waals surface area contributed by atoms with Crippen LogP contribution in [0.25, 0.3) is 17.2 Å². The molecule has 1 heterocycles. The van der Waals surface area contributed by atoms with Gasteiger partial charge in [-0.1, -0.05) is 68.4 Å². The van der Waals surface area contributed by atoms with Gasteiger partial charge in [-0.3, -0.25) is 10.2 Å². The summed E-state index contributed by atoms with van der Waals surface area (Å²) in [5.41, 5.74) is 8.94. The van der Waals surface area contributed by atoms with Gasteiger partial charge in [0.1, 0.15) is 0 Å². The molecule has 41 heavy (non-hydrogen) atoms. The maximum Gasteiger partial charge on any atom is 0.354 e. The minimum absolute atomic E-state index is 0.198. The maximum absolute atomic E-state index is 13.0. The van der Waals surface area contributed by atoms with E-state index in [1.54, 1.807) is 24.3 Å². The lowest BCUT2D eigenvalue weighted by Gasteiger charge is -2.32. The van der Waals surface area contributed by atoms with E-state index in [0.717, 1.165) is 42.7 Å². The van der Waals surface area contributed by atoms with Crippen molar-refractivity contribution in [3.8, 4) is 11.1 Å². The number of aliphatic carboxylic acids is 1. The molecule has 2 aliphatic rings. The molecule has 4 aromatic carbocycles. The fraction of sp³-hybridized carbons (Fsp3) is 0.171. The number of carbonyl (C=O) groups excluding carboxylic acids is 1. The molecule has 0 saturated heterocycles. The molecule has 206 valence electrons. The Morgan fingerprint density at radius 1 is 0.854 bits per heavy atom. The smallest absolute Gasteiger partial charge is 0.354 e. The first-order valence-electron chi connectivity index (χ1n) is 14.0. The Morgan fingerprint density at radius 2 is 1.59 bits per heavy atom. The molecule has 0 bridgehead atoms. The van der Waals surface area contributed by atoms with E-state index < -0.39 is 17.6 Å². The molecule has 0 unspecified atom stereocenters. The first-order chi connectivity index (χ1) is 20.0. The van der Waals surface area contributed by atoms with E-state index in [0.29, 0.717) is 11.3 Å². The minimum Gasteiger partial charge on any atom is -0.477 e. The molecular formula is C35H33N3O3. The molecule has 1 aliphatic carbocycles. The second kappa shape index (κ2) is 12.0. The number of hydrogen-bond donors (Lipinski definition) is 3. The van der Waals surface area contributed by atoms with Gasteiger partial charge < -0.3 is 15.3 Å². The second-order valence-corrected chi connectivity index (χ2v) is 9.88. The normalized spacial score (nSPS) is 13.2. The first kappa shape index (κ1) is 27.6. The third-order valence-electron chi connectivity index (χ3n) is 7.39. The average molecular weight is 544 g/mol. The third kappa shape index (κ3) is 5.68. The van der Waals surface area contributed by atoms with E-state index in [9.17, 15) is 14.7 Å². The summed E-state index contributed by atoms with van der Waals surface area (Å²) in [5, 5.41) is 20.2. The predicted molar refractivity (Wildman–Crippen MR) is 166 cm³/mol. The van der Waals surface area contributed by atoms with E-state index in [4.69, 9.17) is 5.41 Å². The van der Waals surface area contributed by atoms with Crippen molar-refractivity contribution in [2.45, 2.75) is 33.1 Å². The molecule has 0 aromatic heterocycles. The number of nitrogens with one attached hydrogen (secondary N) is 2. The zero-order chi connectivity index (χ0) is 28.9. The van der Waals surface area contributed by atoms with E-state index in [1.165, 1.54) is 28.3 Å². The lowest BCUT2D eigenvalue weighted by atomic mass is 9.96. The lowest BCUT2D eigenvalue weighted by molar-refractivity contribution is -0.129. The molecule has 0 fully saturated rings. The van der Waals surface area contributed by atoms with Crippen LogP contribution in [0.15, 0.2) is 96.6 Å². The van der Waals surface area contributed by atoms with Crippen molar-refractivity contribution in [1.82, 2.24) is 0 Å². The van der Waals surface area contributed by atoms with E-state index in [2.05, 4.69) is 52.7 Å². The highest BCUT2D eigenvalue weighted by atomic mass is 16.4. The number of para-hydroxylation sites is 1. The first-order valence-corrected chi connectivity index (χ1v) is 14.0. The summed E-state index contributed by atoms with van der Waals surface area (Å²) in [6.45, 7) is 4.90. The number of rotatable bonds is 6. The Hall–Kier alpha value is -4.97. The number of carboxylic acid groups (broad SMARTS) is 1. The van der Waals surface area contributed by atoms with Crippen molar-refractivity contribution in [3.63, 3.8) is 0 Å². The largest absolute Gasteiger partial charge is 0.477 e. The highest BCUT2D eigenvalue weighted by Gasteiger charge is 2.24. The number of carbonyl (C=O) groups is 2. The monoisotopic (exact) mass is 543 g/mol. The third-order valence-corrected chi connectivity index (χ3v) is 7.39. The van der Waals surface area contributed by atoms with Gasteiger partial charge in [0, 0.05) is 23.6 Å². The van der Waals surface area contributed by atoms with Crippen LogP contribution in [0.5, 0.6) is 0 Å². The van der Waals surface area contributed by atoms with Gasteiger partial charge in [-0.2, -0.15) is 0 Å². The molecule has 0 radical (unpaired) electrons. The van der Waals surface area contributed by atoms with E-state index in [-0.39, 0.29) is 5.57 Å². The van der Waals surface area contributed by atoms with Gasteiger partial charge in [0.05, 0.1) is 5.57 Å². The second-order valence-electron chi connectivity index (χ2n) is 9.88. The maximum atomic E-state index is 13.0. The Bertz CT molecular complexity index is 1660. The van der Waals surface area contributed by atoms with Crippen LogP contribution in [0.1, 0.15) is 42.5 Å². The zero-order valence-corrected chi connectivity index (χ0v) is 23.3. The van der Waals surface area contributed by atoms with Crippen molar-refractivity contribution in [2.75, 3.05) is 16.8 Å². The summed E-state index contributed by atoms with van der Waals surface area (Å²) in [5.74, 6) is -2.09. The van der Waals surface area contributed by atoms with Gasteiger partial charge in [0.2, 0.25) is 0 Å². The van der Waals surface area contributed by atoms with Gasteiger partial charge in [0.15, 0.2) is 5.71 Å². The summed E-state index contributed by atoms with van der Waals surface area (Å²) in [4.78, 5) is 26.9. The van der Waals surface area contributed by atoms with Gasteiger partial charge in [-0.05, 0) is 95.1 Å². The zero-order valence-electron chi connectivity index (χ0n) is 23.3. The van der Waals surface area contributed by atoms with Crippen LogP contribution in [0.4, 0.5) is 17.1 Å². The number of benzene rings is 4. The minimum atomic E-state index is -1.45. The van der Waals surface area contributed by atoms with Gasteiger partial charge in [-0.15, -0.1) is 0 Å². The number of fused-ring (bicyclic) bond motifs is 4. The van der Waals surface area contributed by atoms with Crippen LogP contribution < -0.4 is 10.2 Å². The molecule has 0 saturated carbocycles. The SMILES string of the molecule is CC.N=C(C(=O)O)/C(=C/c1ccc2c(c1)CCCN2c1ccc2c(c1)-c1ccccc1C2)C(=O)Nc1ccccc1. The van der Waals surface area contributed by atoms with Crippen molar-refractivity contribution in [2.24, 2.45) is 0 Å². The van der Waals surface area contributed by atoms with Crippen molar-refractivity contribution >= 4 is 40.7 Å². The summed E-state index contributed by atoms with van der Waals surface area (Å²) in [6, 6.07) is 30.0. The molecule has 1 amide bonds. The topological polar surface area (TPSA) is 93.5 Å². The molecule has 6 heteroatoms. The quantitative estimate of drug-likeness (QED) is 0.153. The molecule has 6 nitrogen and oxygen atoms in total. The summed E-state index contributed by atoms with van der Waals surface area (Å²) in [7, 11) is 0. The summed E-state index contributed by atoms with van der Waals surface area (Å²) < 4.78 is 0. The van der Waals surface area contributed by atoms with Gasteiger partial charge >= 0.3 is 5.97 Å². The van der Waals surface area contributed by atoms with Crippen LogP contribution >= 0.6 is 0 Å². The molecular weight excluding hydrogens is 510 g/mol. The highest BCUT2D eigenvalue weighted by molar-refractivity contribution is 6.50.